The summed E-state index contributed by atoms with van der Waals surface area (Å²) in [6, 6.07) is 16.6. The fourth-order valence-corrected chi connectivity index (χ4v) is 4.54. The zero-order valence-corrected chi connectivity index (χ0v) is 19.0. The van der Waals surface area contributed by atoms with E-state index in [1.54, 1.807) is 0 Å². The molecule has 4 rings (SSSR count). The molecule has 0 unspecified atom stereocenters. The van der Waals surface area contributed by atoms with Gasteiger partial charge < -0.3 is 15.0 Å². The number of ether oxygens (including phenoxy) is 1. The maximum absolute atomic E-state index is 5.80. The maximum Gasteiger partial charge on any atom is 0.209 e. The van der Waals surface area contributed by atoms with E-state index in [9.17, 15) is 0 Å². The Morgan fingerprint density at radius 1 is 1.07 bits per heavy atom. The molecule has 0 saturated carbocycles. The summed E-state index contributed by atoms with van der Waals surface area (Å²) in [5.41, 5.74) is 3.44. The van der Waals surface area contributed by atoms with E-state index in [0.717, 1.165) is 46.7 Å². The molecule has 1 aliphatic rings. The smallest absolute Gasteiger partial charge is 0.209 e. The maximum atomic E-state index is 5.80. The molecule has 0 bridgehead atoms. The van der Waals surface area contributed by atoms with Crippen molar-refractivity contribution < 1.29 is 4.74 Å². The molecule has 3 aromatic rings. The highest BCUT2D eigenvalue weighted by molar-refractivity contribution is 7.73. The van der Waals surface area contributed by atoms with Gasteiger partial charge in [-0.25, -0.2) is 4.68 Å². The van der Waals surface area contributed by atoms with Gasteiger partial charge in [0.25, 0.3) is 0 Å². The van der Waals surface area contributed by atoms with Crippen LogP contribution in [0.4, 0.5) is 16.5 Å². The van der Waals surface area contributed by atoms with Crippen LogP contribution in [0.3, 0.4) is 0 Å². The van der Waals surface area contributed by atoms with Crippen molar-refractivity contribution in [3.8, 4) is 5.75 Å². The van der Waals surface area contributed by atoms with Crippen molar-refractivity contribution in [1.29, 1.82) is 0 Å². The Morgan fingerprint density at radius 3 is 2.53 bits per heavy atom. The second-order valence-corrected chi connectivity index (χ2v) is 8.93. The van der Waals surface area contributed by atoms with E-state index in [1.807, 2.05) is 23.7 Å². The van der Waals surface area contributed by atoms with Gasteiger partial charge in [0.2, 0.25) is 5.13 Å². The lowest BCUT2D eigenvalue weighted by molar-refractivity contribution is 0.195. The van der Waals surface area contributed by atoms with Crippen molar-refractivity contribution in [2.45, 2.75) is 20.5 Å². The molecule has 1 aliphatic heterocycles. The minimum Gasteiger partial charge on any atom is -0.492 e. The molecule has 158 valence electrons. The van der Waals surface area contributed by atoms with E-state index < -0.39 is 0 Å². The molecule has 1 fully saturated rings. The predicted molar refractivity (Wildman–Crippen MR) is 127 cm³/mol. The van der Waals surface area contributed by atoms with Gasteiger partial charge in [-0.1, -0.05) is 41.2 Å². The van der Waals surface area contributed by atoms with Crippen LogP contribution in [0.25, 0.3) is 0 Å². The number of benzene rings is 2. The number of anilines is 3. The van der Waals surface area contributed by atoms with Crippen molar-refractivity contribution >= 4 is 40.1 Å². The topological polar surface area (TPSA) is 45.6 Å². The molecule has 0 amide bonds. The standard InChI is InChI=1S/C22H27N5OS2/c1-3-28-20-7-5-4-6-19(20)26-14-12-25(13-15-26)16-27-22(29)30-21(24-27)23-18-10-8-17(2)9-11-18/h4-11H,3,12-16H2,1-2H3,(H,23,24). The van der Waals surface area contributed by atoms with Gasteiger partial charge in [-0.3, -0.25) is 4.90 Å². The lowest BCUT2D eigenvalue weighted by Gasteiger charge is -2.36. The Balaban J connectivity index is 1.36. The molecule has 0 spiro atoms. The second kappa shape index (κ2) is 9.59. The molecule has 1 N–H and O–H groups in total. The second-order valence-electron chi connectivity index (χ2n) is 7.31. The minimum atomic E-state index is 0.679. The van der Waals surface area contributed by atoms with Crippen molar-refractivity contribution in [3.63, 3.8) is 0 Å². The van der Waals surface area contributed by atoms with Crippen LogP contribution in [0, 0.1) is 10.9 Å². The van der Waals surface area contributed by atoms with E-state index in [-0.39, 0.29) is 0 Å². The van der Waals surface area contributed by atoms with E-state index in [1.165, 1.54) is 22.6 Å². The highest BCUT2D eigenvalue weighted by atomic mass is 32.1. The molecule has 0 radical (unpaired) electrons. The molecule has 30 heavy (non-hydrogen) atoms. The largest absolute Gasteiger partial charge is 0.492 e. The van der Waals surface area contributed by atoms with Crippen molar-refractivity contribution in [2.75, 3.05) is 43.0 Å². The fraction of sp³-hybridized carbons (Fsp3) is 0.364. The summed E-state index contributed by atoms with van der Waals surface area (Å²) in [7, 11) is 0. The molecular formula is C22H27N5OS2. The molecule has 6 nitrogen and oxygen atoms in total. The highest BCUT2D eigenvalue weighted by Gasteiger charge is 2.20. The van der Waals surface area contributed by atoms with E-state index in [2.05, 4.69) is 63.5 Å². The van der Waals surface area contributed by atoms with Crippen molar-refractivity contribution in [1.82, 2.24) is 14.7 Å². The van der Waals surface area contributed by atoms with Gasteiger partial charge in [-0.05, 0) is 50.3 Å². The van der Waals surface area contributed by atoms with Gasteiger partial charge in [0.15, 0.2) is 3.95 Å². The van der Waals surface area contributed by atoms with Crippen LogP contribution in [0.1, 0.15) is 12.5 Å². The van der Waals surface area contributed by atoms with Gasteiger partial charge in [-0.15, -0.1) is 5.10 Å². The van der Waals surface area contributed by atoms with Crippen molar-refractivity contribution in [3.05, 3.63) is 58.0 Å². The lowest BCUT2D eigenvalue weighted by Crippen LogP contribution is -2.47. The summed E-state index contributed by atoms with van der Waals surface area (Å²) in [6.45, 7) is 9.32. The third-order valence-corrected chi connectivity index (χ3v) is 6.34. The van der Waals surface area contributed by atoms with Gasteiger partial charge in [0, 0.05) is 31.9 Å². The molecule has 1 saturated heterocycles. The number of aromatic nitrogens is 2. The lowest BCUT2D eigenvalue weighted by atomic mass is 10.2. The third kappa shape index (κ3) is 5.00. The van der Waals surface area contributed by atoms with Crippen LogP contribution in [0.5, 0.6) is 5.75 Å². The Kier molecular flexibility index (Phi) is 6.66. The molecule has 0 atom stereocenters. The number of rotatable bonds is 7. The summed E-state index contributed by atoms with van der Waals surface area (Å²) in [4.78, 5) is 4.79. The van der Waals surface area contributed by atoms with Crippen LogP contribution >= 0.6 is 23.6 Å². The summed E-state index contributed by atoms with van der Waals surface area (Å²) in [6.07, 6.45) is 0. The van der Waals surface area contributed by atoms with Gasteiger partial charge in [-0.2, -0.15) is 0 Å². The number of piperazine rings is 1. The first-order valence-corrected chi connectivity index (χ1v) is 11.5. The van der Waals surface area contributed by atoms with Gasteiger partial charge >= 0.3 is 0 Å². The van der Waals surface area contributed by atoms with Crippen LogP contribution in [0.2, 0.25) is 0 Å². The molecule has 1 aromatic heterocycles. The fourth-order valence-electron chi connectivity index (χ4n) is 3.52. The number of nitrogens with one attached hydrogen (secondary N) is 1. The summed E-state index contributed by atoms with van der Waals surface area (Å²) in [5.74, 6) is 0.960. The number of hydrogen-bond acceptors (Lipinski definition) is 7. The number of nitrogens with zero attached hydrogens (tertiary/aromatic N) is 4. The molecular weight excluding hydrogens is 414 g/mol. The average molecular weight is 442 g/mol. The Bertz CT molecular complexity index is 1020. The summed E-state index contributed by atoms with van der Waals surface area (Å²) < 4.78 is 8.50. The molecule has 2 heterocycles. The minimum absolute atomic E-state index is 0.679. The van der Waals surface area contributed by atoms with Crippen LogP contribution in [0.15, 0.2) is 48.5 Å². The molecule has 2 aromatic carbocycles. The van der Waals surface area contributed by atoms with Crippen LogP contribution in [-0.4, -0.2) is 47.5 Å². The SMILES string of the molecule is CCOc1ccccc1N1CCN(Cn2nc(Nc3ccc(C)cc3)sc2=S)CC1. The zero-order chi connectivity index (χ0) is 20.9. The van der Waals surface area contributed by atoms with Gasteiger partial charge in [0.1, 0.15) is 5.75 Å². The zero-order valence-electron chi connectivity index (χ0n) is 17.4. The highest BCUT2D eigenvalue weighted by Crippen LogP contribution is 2.29. The van der Waals surface area contributed by atoms with E-state index in [0.29, 0.717) is 13.3 Å². The Hall–Kier alpha value is -2.42. The quantitative estimate of drug-likeness (QED) is 0.526. The first-order chi connectivity index (χ1) is 14.6. The first kappa shape index (κ1) is 20.8. The van der Waals surface area contributed by atoms with E-state index >= 15 is 0 Å². The number of hydrogen-bond donors (Lipinski definition) is 1. The molecule has 8 heteroatoms. The predicted octanol–water partition coefficient (Wildman–Crippen LogP) is 4.90. The summed E-state index contributed by atoms with van der Waals surface area (Å²) in [5, 5.41) is 8.86. The van der Waals surface area contributed by atoms with Crippen LogP contribution in [-0.2, 0) is 6.67 Å². The monoisotopic (exact) mass is 441 g/mol. The van der Waals surface area contributed by atoms with Crippen molar-refractivity contribution in [2.24, 2.45) is 0 Å². The average Bonchev–Trinajstić information content (AvgIpc) is 3.10. The normalized spacial score (nSPS) is 14.7. The summed E-state index contributed by atoms with van der Waals surface area (Å²) >= 11 is 7.06. The number of para-hydroxylation sites is 2. The third-order valence-electron chi connectivity index (χ3n) is 5.12. The first-order valence-electron chi connectivity index (χ1n) is 10.2. The number of aryl methyl sites for hydroxylation is 1. The molecule has 0 aliphatic carbocycles. The van der Waals surface area contributed by atoms with E-state index in [4.69, 9.17) is 17.0 Å². The van der Waals surface area contributed by atoms with Gasteiger partial charge in [0.05, 0.1) is 19.0 Å². The van der Waals surface area contributed by atoms with Crippen LogP contribution < -0.4 is 15.0 Å². The Labute approximate surface area is 186 Å². The Morgan fingerprint density at radius 2 is 1.80 bits per heavy atom.